The Balaban J connectivity index is 1.74. The first-order valence-corrected chi connectivity index (χ1v) is 9.43. The normalized spacial score (nSPS) is 10.8. The Hall–Kier alpha value is -1.56. The lowest BCUT2D eigenvalue weighted by molar-refractivity contribution is 0.692. The molecule has 0 fully saturated rings. The van der Waals surface area contributed by atoms with Crippen LogP contribution >= 0.6 is 34.7 Å². The molecule has 0 aliphatic rings. The molecule has 6 heteroatoms. The zero-order valence-electron chi connectivity index (χ0n) is 12.5. The standard InChI is InChI=1S/C17H16ClN3S2/c1-2-9-21-16(11-15-4-3-10-22-15)19-20-17(21)23-12-13-5-7-14(18)8-6-13/h2-8,10H,1,9,11-12H2. The summed E-state index contributed by atoms with van der Waals surface area (Å²) in [6.07, 6.45) is 2.69. The van der Waals surface area contributed by atoms with Gasteiger partial charge in [-0.1, -0.05) is 47.6 Å². The molecule has 118 valence electrons. The van der Waals surface area contributed by atoms with E-state index >= 15 is 0 Å². The van der Waals surface area contributed by atoms with E-state index in [0.717, 1.165) is 34.7 Å². The second-order valence-corrected chi connectivity index (χ2v) is 7.38. The fourth-order valence-electron chi connectivity index (χ4n) is 2.17. The fourth-order valence-corrected chi connectivity index (χ4v) is 3.92. The Morgan fingerprint density at radius 1 is 1.22 bits per heavy atom. The lowest BCUT2D eigenvalue weighted by atomic mass is 10.2. The average molecular weight is 362 g/mol. The first-order valence-electron chi connectivity index (χ1n) is 7.19. The number of hydrogen-bond donors (Lipinski definition) is 0. The van der Waals surface area contributed by atoms with E-state index in [-0.39, 0.29) is 0 Å². The van der Waals surface area contributed by atoms with E-state index in [9.17, 15) is 0 Å². The summed E-state index contributed by atoms with van der Waals surface area (Å²) in [5.74, 6) is 1.82. The van der Waals surface area contributed by atoms with Gasteiger partial charge in [-0.15, -0.1) is 28.1 Å². The van der Waals surface area contributed by atoms with E-state index in [1.165, 1.54) is 10.4 Å². The third-order valence-corrected chi connectivity index (χ3v) is 5.47. The van der Waals surface area contributed by atoms with Gasteiger partial charge in [0.2, 0.25) is 0 Å². The number of thioether (sulfide) groups is 1. The minimum absolute atomic E-state index is 0.719. The van der Waals surface area contributed by atoms with Gasteiger partial charge in [0, 0.05) is 28.6 Å². The Morgan fingerprint density at radius 3 is 2.74 bits per heavy atom. The van der Waals surface area contributed by atoms with E-state index in [1.54, 1.807) is 23.1 Å². The average Bonchev–Trinajstić information content (AvgIpc) is 3.19. The molecule has 1 aromatic carbocycles. The smallest absolute Gasteiger partial charge is 0.191 e. The van der Waals surface area contributed by atoms with Crippen LogP contribution in [0.3, 0.4) is 0 Å². The lowest BCUT2D eigenvalue weighted by Gasteiger charge is -2.07. The molecule has 0 radical (unpaired) electrons. The summed E-state index contributed by atoms with van der Waals surface area (Å²) >= 11 is 9.34. The van der Waals surface area contributed by atoms with Crippen molar-refractivity contribution in [2.24, 2.45) is 0 Å². The van der Waals surface area contributed by atoms with Crippen LogP contribution in [0.4, 0.5) is 0 Å². The van der Waals surface area contributed by atoms with Gasteiger partial charge in [-0.05, 0) is 29.1 Å². The molecule has 0 atom stereocenters. The van der Waals surface area contributed by atoms with Crippen LogP contribution < -0.4 is 0 Å². The van der Waals surface area contributed by atoms with E-state index in [4.69, 9.17) is 11.6 Å². The maximum atomic E-state index is 5.92. The highest BCUT2D eigenvalue weighted by atomic mass is 35.5. The summed E-state index contributed by atoms with van der Waals surface area (Å²) in [5.41, 5.74) is 1.22. The van der Waals surface area contributed by atoms with Crippen molar-refractivity contribution in [2.45, 2.75) is 23.9 Å². The van der Waals surface area contributed by atoms with Crippen molar-refractivity contribution in [1.29, 1.82) is 0 Å². The first-order chi connectivity index (χ1) is 11.3. The van der Waals surface area contributed by atoms with Crippen LogP contribution in [0.2, 0.25) is 5.02 Å². The summed E-state index contributed by atoms with van der Waals surface area (Å²) in [5, 5.41) is 12.5. The Morgan fingerprint density at radius 2 is 2.04 bits per heavy atom. The minimum Gasteiger partial charge on any atom is -0.302 e. The van der Waals surface area contributed by atoms with Gasteiger partial charge >= 0.3 is 0 Å². The highest BCUT2D eigenvalue weighted by Crippen LogP contribution is 2.24. The first kappa shape index (κ1) is 16.3. The van der Waals surface area contributed by atoms with Crippen molar-refractivity contribution < 1.29 is 0 Å². The van der Waals surface area contributed by atoms with Gasteiger partial charge in [0.05, 0.1) is 0 Å². The molecular weight excluding hydrogens is 346 g/mol. The Labute approximate surface area is 149 Å². The van der Waals surface area contributed by atoms with Crippen LogP contribution in [0.15, 0.2) is 59.6 Å². The molecule has 23 heavy (non-hydrogen) atoms. The van der Waals surface area contributed by atoms with Gasteiger partial charge < -0.3 is 4.57 Å². The molecule has 0 amide bonds. The SMILES string of the molecule is C=CCn1c(Cc2cccs2)nnc1SCc1ccc(Cl)cc1. The Bertz CT molecular complexity index is 764. The van der Waals surface area contributed by atoms with Crippen LogP contribution in [-0.2, 0) is 18.7 Å². The maximum absolute atomic E-state index is 5.92. The van der Waals surface area contributed by atoms with Crippen molar-refractivity contribution >= 4 is 34.7 Å². The zero-order valence-corrected chi connectivity index (χ0v) is 14.9. The third-order valence-electron chi connectivity index (χ3n) is 3.30. The molecule has 2 heterocycles. The summed E-state index contributed by atoms with van der Waals surface area (Å²) in [6.45, 7) is 4.56. The van der Waals surface area contributed by atoms with E-state index in [2.05, 4.69) is 38.9 Å². The lowest BCUT2D eigenvalue weighted by Crippen LogP contribution is -2.04. The molecule has 3 rings (SSSR count). The predicted molar refractivity (Wildman–Crippen MR) is 98.4 cm³/mol. The molecule has 2 aromatic heterocycles. The molecule has 0 bridgehead atoms. The van der Waals surface area contributed by atoms with Gasteiger partial charge in [-0.3, -0.25) is 0 Å². The number of allylic oxidation sites excluding steroid dienone is 1. The highest BCUT2D eigenvalue weighted by molar-refractivity contribution is 7.98. The van der Waals surface area contributed by atoms with Crippen molar-refractivity contribution in [2.75, 3.05) is 0 Å². The predicted octanol–water partition coefficient (Wildman–Crippen LogP) is 5.06. The molecule has 3 aromatic rings. The van der Waals surface area contributed by atoms with Crippen molar-refractivity contribution in [3.8, 4) is 0 Å². The summed E-state index contributed by atoms with van der Waals surface area (Å²) in [6, 6.07) is 12.1. The van der Waals surface area contributed by atoms with Crippen LogP contribution in [0.25, 0.3) is 0 Å². The van der Waals surface area contributed by atoms with Crippen LogP contribution in [0.1, 0.15) is 16.3 Å². The van der Waals surface area contributed by atoms with Gasteiger partial charge in [0.1, 0.15) is 5.82 Å². The summed E-state index contributed by atoms with van der Waals surface area (Å²) in [4.78, 5) is 1.29. The largest absolute Gasteiger partial charge is 0.302 e. The van der Waals surface area contributed by atoms with Gasteiger partial charge in [-0.2, -0.15) is 0 Å². The highest BCUT2D eigenvalue weighted by Gasteiger charge is 2.12. The number of aromatic nitrogens is 3. The number of thiophene rings is 1. The Kier molecular flexibility index (Phi) is 5.54. The van der Waals surface area contributed by atoms with E-state index in [1.807, 2.05) is 30.3 Å². The number of hydrogen-bond acceptors (Lipinski definition) is 4. The maximum Gasteiger partial charge on any atom is 0.191 e. The number of benzene rings is 1. The number of nitrogens with zero attached hydrogens (tertiary/aromatic N) is 3. The molecule has 3 nitrogen and oxygen atoms in total. The van der Waals surface area contributed by atoms with Gasteiger partial charge in [-0.25, -0.2) is 0 Å². The number of halogens is 1. The third kappa shape index (κ3) is 4.25. The van der Waals surface area contributed by atoms with Crippen LogP contribution in [-0.4, -0.2) is 14.8 Å². The second kappa shape index (κ2) is 7.81. The molecule has 0 spiro atoms. The van der Waals surface area contributed by atoms with E-state index in [0.29, 0.717) is 0 Å². The fraction of sp³-hybridized carbons (Fsp3) is 0.176. The van der Waals surface area contributed by atoms with Gasteiger partial charge in [0.25, 0.3) is 0 Å². The number of rotatable bonds is 7. The molecule has 0 aliphatic heterocycles. The van der Waals surface area contributed by atoms with Crippen molar-refractivity contribution in [3.05, 3.63) is 75.7 Å². The zero-order chi connectivity index (χ0) is 16.1. The van der Waals surface area contributed by atoms with Crippen molar-refractivity contribution in [3.63, 3.8) is 0 Å². The quantitative estimate of drug-likeness (QED) is 0.435. The molecule has 0 unspecified atom stereocenters. The minimum atomic E-state index is 0.719. The monoisotopic (exact) mass is 361 g/mol. The van der Waals surface area contributed by atoms with Gasteiger partial charge in [0.15, 0.2) is 5.16 Å². The van der Waals surface area contributed by atoms with Crippen LogP contribution in [0, 0.1) is 0 Å². The van der Waals surface area contributed by atoms with E-state index < -0.39 is 0 Å². The molecule has 0 saturated carbocycles. The summed E-state index contributed by atoms with van der Waals surface area (Å²) < 4.78 is 2.13. The molecule has 0 saturated heterocycles. The molecule has 0 N–H and O–H groups in total. The van der Waals surface area contributed by atoms with Crippen molar-refractivity contribution in [1.82, 2.24) is 14.8 Å². The van der Waals surface area contributed by atoms with Crippen LogP contribution in [0.5, 0.6) is 0 Å². The molecular formula is C17H16ClN3S2. The summed E-state index contributed by atoms with van der Waals surface area (Å²) in [7, 11) is 0. The molecule has 0 aliphatic carbocycles. The second-order valence-electron chi connectivity index (χ2n) is 4.97. The topological polar surface area (TPSA) is 30.7 Å².